The van der Waals surface area contributed by atoms with Gasteiger partial charge in [0.1, 0.15) is 0 Å². The third-order valence-electron chi connectivity index (χ3n) is 3.71. The van der Waals surface area contributed by atoms with Crippen LogP contribution in [0.1, 0.15) is 18.9 Å². The summed E-state index contributed by atoms with van der Waals surface area (Å²) in [6.07, 6.45) is 3.70. The molecule has 5 heteroatoms. The smallest absolute Gasteiger partial charge is 0.308 e. The van der Waals surface area contributed by atoms with Gasteiger partial charge in [0.2, 0.25) is 5.91 Å². The number of carboxylic acid groups (broad SMARTS) is 1. The van der Waals surface area contributed by atoms with Crippen molar-refractivity contribution in [1.29, 1.82) is 0 Å². The molecule has 0 aliphatic carbocycles. The average molecular weight is 274 g/mol. The molecule has 1 aliphatic rings. The summed E-state index contributed by atoms with van der Waals surface area (Å²) in [4.78, 5) is 24.7. The van der Waals surface area contributed by atoms with Gasteiger partial charge in [-0.05, 0) is 37.1 Å². The first-order valence-corrected chi connectivity index (χ1v) is 6.56. The van der Waals surface area contributed by atoms with Crippen molar-refractivity contribution in [1.82, 2.24) is 4.90 Å². The van der Waals surface area contributed by atoms with E-state index in [4.69, 9.17) is 10.8 Å². The number of likely N-dealkylation sites (tertiary alicyclic amines) is 1. The number of benzene rings is 1. The van der Waals surface area contributed by atoms with Crippen LogP contribution in [0.4, 0.5) is 5.69 Å². The molecule has 0 saturated carbocycles. The molecule has 5 nitrogen and oxygen atoms in total. The van der Waals surface area contributed by atoms with Crippen LogP contribution in [0.2, 0.25) is 0 Å². The molecular formula is C15H18N2O3. The molecule has 2 unspecified atom stereocenters. The number of rotatable bonds is 3. The van der Waals surface area contributed by atoms with Crippen molar-refractivity contribution in [3.63, 3.8) is 0 Å². The molecule has 106 valence electrons. The van der Waals surface area contributed by atoms with Crippen molar-refractivity contribution in [3.8, 4) is 0 Å². The Kier molecular flexibility index (Phi) is 4.08. The van der Waals surface area contributed by atoms with Crippen LogP contribution in [0, 0.1) is 5.92 Å². The van der Waals surface area contributed by atoms with Crippen LogP contribution in [0.25, 0.3) is 6.08 Å². The molecule has 1 saturated heterocycles. The van der Waals surface area contributed by atoms with Gasteiger partial charge in [-0.25, -0.2) is 0 Å². The second kappa shape index (κ2) is 5.77. The predicted molar refractivity (Wildman–Crippen MR) is 76.8 cm³/mol. The fourth-order valence-electron chi connectivity index (χ4n) is 2.45. The number of hydrogen-bond donors (Lipinski definition) is 2. The zero-order valence-corrected chi connectivity index (χ0v) is 11.3. The molecule has 1 fully saturated rings. The number of carbonyl (C=O) groups excluding carboxylic acids is 1. The van der Waals surface area contributed by atoms with E-state index in [1.165, 1.54) is 6.08 Å². The van der Waals surface area contributed by atoms with Crippen molar-refractivity contribution in [2.45, 2.75) is 19.4 Å². The van der Waals surface area contributed by atoms with E-state index in [1.54, 1.807) is 30.0 Å². The van der Waals surface area contributed by atoms with Crippen molar-refractivity contribution < 1.29 is 14.7 Å². The second-order valence-electron chi connectivity index (χ2n) is 5.01. The van der Waals surface area contributed by atoms with Crippen LogP contribution in [-0.4, -0.2) is 34.5 Å². The molecule has 1 heterocycles. The van der Waals surface area contributed by atoms with Gasteiger partial charge < -0.3 is 15.7 Å². The Morgan fingerprint density at radius 2 is 2.00 bits per heavy atom. The monoisotopic (exact) mass is 274 g/mol. The average Bonchev–Trinajstić information content (AvgIpc) is 2.80. The van der Waals surface area contributed by atoms with E-state index >= 15 is 0 Å². The Balaban J connectivity index is 2.02. The Morgan fingerprint density at radius 3 is 2.55 bits per heavy atom. The number of amides is 1. The van der Waals surface area contributed by atoms with E-state index in [-0.39, 0.29) is 11.9 Å². The van der Waals surface area contributed by atoms with E-state index in [9.17, 15) is 9.59 Å². The summed E-state index contributed by atoms with van der Waals surface area (Å²) in [7, 11) is 0. The molecule has 0 spiro atoms. The van der Waals surface area contributed by atoms with Crippen molar-refractivity contribution in [2.75, 3.05) is 12.3 Å². The summed E-state index contributed by atoms with van der Waals surface area (Å²) in [6.45, 7) is 2.27. The van der Waals surface area contributed by atoms with Crippen molar-refractivity contribution in [2.24, 2.45) is 5.92 Å². The number of hydrogen-bond acceptors (Lipinski definition) is 3. The Morgan fingerprint density at radius 1 is 1.35 bits per heavy atom. The number of carboxylic acids is 1. The molecule has 2 atom stereocenters. The highest BCUT2D eigenvalue weighted by Crippen LogP contribution is 2.24. The Labute approximate surface area is 117 Å². The number of nitrogens with zero attached hydrogens (tertiary/aromatic N) is 1. The fraction of sp³-hybridized carbons (Fsp3) is 0.333. The highest BCUT2D eigenvalue weighted by molar-refractivity contribution is 5.92. The van der Waals surface area contributed by atoms with Gasteiger partial charge in [0.25, 0.3) is 0 Å². The minimum atomic E-state index is -0.838. The first-order valence-electron chi connectivity index (χ1n) is 6.56. The maximum absolute atomic E-state index is 12.1. The van der Waals surface area contributed by atoms with Gasteiger partial charge in [-0.15, -0.1) is 0 Å². The minimum absolute atomic E-state index is 0.155. The first kappa shape index (κ1) is 14.1. The second-order valence-corrected chi connectivity index (χ2v) is 5.01. The van der Waals surface area contributed by atoms with Gasteiger partial charge >= 0.3 is 5.97 Å². The number of aliphatic carboxylic acids is 1. The molecule has 1 aromatic rings. The Bertz CT molecular complexity index is 537. The van der Waals surface area contributed by atoms with Crippen LogP contribution in [0.15, 0.2) is 30.3 Å². The standard InChI is InChI=1S/C15H18N2O3/c1-10-13(15(19)20)8-9-17(10)14(18)7-4-11-2-5-12(16)6-3-11/h2-7,10,13H,8-9,16H2,1H3,(H,19,20)/b7-4+. The third-order valence-corrected chi connectivity index (χ3v) is 3.71. The largest absolute Gasteiger partial charge is 0.481 e. The normalized spacial score (nSPS) is 22.4. The fourth-order valence-corrected chi connectivity index (χ4v) is 2.45. The number of nitrogens with two attached hydrogens (primary N) is 1. The van der Waals surface area contributed by atoms with E-state index in [0.29, 0.717) is 18.7 Å². The summed E-state index contributed by atoms with van der Waals surface area (Å²) in [5.41, 5.74) is 7.14. The van der Waals surface area contributed by atoms with Gasteiger partial charge in [-0.2, -0.15) is 0 Å². The van der Waals surface area contributed by atoms with Crippen LogP contribution in [0.3, 0.4) is 0 Å². The van der Waals surface area contributed by atoms with Crippen molar-refractivity contribution >= 4 is 23.6 Å². The summed E-state index contributed by atoms with van der Waals surface area (Å²) in [5.74, 6) is -1.46. The topological polar surface area (TPSA) is 83.6 Å². The molecule has 1 amide bonds. The highest BCUT2D eigenvalue weighted by atomic mass is 16.4. The lowest BCUT2D eigenvalue weighted by atomic mass is 10.0. The van der Waals surface area contributed by atoms with E-state index < -0.39 is 11.9 Å². The summed E-state index contributed by atoms with van der Waals surface area (Å²) in [6, 6.07) is 6.92. The van der Waals surface area contributed by atoms with Gasteiger partial charge in [-0.1, -0.05) is 12.1 Å². The van der Waals surface area contributed by atoms with E-state index in [0.717, 1.165) is 5.56 Å². The van der Waals surface area contributed by atoms with Crippen molar-refractivity contribution in [3.05, 3.63) is 35.9 Å². The molecular weight excluding hydrogens is 256 g/mol. The van der Waals surface area contributed by atoms with Crippen LogP contribution in [-0.2, 0) is 9.59 Å². The summed E-state index contributed by atoms with van der Waals surface area (Å²) in [5, 5.41) is 9.05. The first-order chi connectivity index (χ1) is 9.49. The number of anilines is 1. The zero-order valence-electron chi connectivity index (χ0n) is 11.3. The van der Waals surface area contributed by atoms with Crippen LogP contribution in [0.5, 0.6) is 0 Å². The van der Waals surface area contributed by atoms with E-state index in [2.05, 4.69) is 0 Å². The molecule has 1 aliphatic heterocycles. The maximum Gasteiger partial charge on any atom is 0.308 e. The summed E-state index contributed by atoms with van der Waals surface area (Å²) >= 11 is 0. The lowest BCUT2D eigenvalue weighted by molar-refractivity contribution is -0.142. The van der Waals surface area contributed by atoms with Gasteiger partial charge in [-0.3, -0.25) is 9.59 Å². The SMILES string of the molecule is CC1C(C(=O)O)CCN1C(=O)/C=C/c1ccc(N)cc1. The van der Waals surface area contributed by atoms with E-state index in [1.807, 2.05) is 12.1 Å². The number of nitrogen functional groups attached to an aromatic ring is 1. The molecule has 20 heavy (non-hydrogen) atoms. The van der Waals surface area contributed by atoms with Gasteiger partial charge in [0.05, 0.1) is 5.92 Å². The zero-order chi connectivity index (χ0) is 14.7. The molecule has 3 N–H and O–H groups in total. The number of carbonyl (C=O) groups is 2. The third kappa shape index (κ3) is 2.99. The molecule has 2 rings (SSSR count). The molecule has 0 radical (unpaired) electrons. The van der Waals surface area contributed by atoms with Crippen LogP contribution < -0.4 is 5.73 Å². The quantitative estimate of drug-likeness (QED) is 0.648. The maximum atomic E-state index is 12.1. The highest BCUT2D eigenvalue weighted by Gasteiger charge is 2.37. The van der Waals surface area contributed by atoms with Gasteiger partial charge in [0.15, 0.2) is 0 Å². The molecule has 0 bridgehead atoms. The summed E-state index contributed by atoms with van der Waals surface area (Å²) < 4.78 is 0. The minimum Gasteiger partial charge on any atom is -0.481 e. The lowest BCUT2D eigenvalue weighted by Crippen LogP contribution is -2.36. The lowest BCUT2D eigenvalue weighted by Gasteiger charge is -2.21. The predicted octanol–water partition coefficient (Wildman–Crippen LogP) is 1.60. The van der Waals surface area contributed by atoms with Gasteiger partial charge in [0, 0.05) is 24.4 Å². The molecule has 1 aromatic carbocycles. The molecule has 0 aromatic heterocycles. The Hall–Kier alpha value is -2.30. The van der Waals surface area contributed by atoms with Crippen LogP contribution >= 0.6 is 0 Å².